The van der Waals surface area contributed by atoms with Gasteiger partial charge < -0.3 is 9.47 Å². The third-order valence-corrected chi connectivity index (χ3v) is 6.05. The van der Waals surface area contributed by atoms with Gasteiger partial charge >= 0.3 is 0 Å². The molecule has 0 radical (unpaired) electrons. The molecule has 0 aromatic heterocycles. The summed E-state index contributed by atoms with van der Waals surface area (Å²) in [7, 11) is -3.39. The second kappa shape index (κ2) is 10.1. The van der Waals surface area contributed by atoms with Gasteiger partial charge in [0.25, 0.3) is 0 Å². The number of rotatable bonds is 12. The third kappa shape index (κ3) is 8.93. The lowest BCUT2D eigenvalue weighted by Crippen LogP contribution is -2.34. The van der Waals surface area contributed by atoms with Gasteiger partial charge in [-0.1, -0.05) is 46.8 Å². The number of sulfonamides is 1. The summed E-state index contributed by atoms with van der Waals surface area (Å²) in [5.74, 6) is 1.69. The van der Waals surface area contributed by atoms with Crippen LogP contribution in [0.3, 0.4) is 0 Å². The minimum atomic E-state index is -3.39. The van der Waals surface area contributed by atoms with E-state index in [1.54, 1.807) is 0 Å². The topological polar surface area (TPSA) is 64.6 Å². The zero-order chi connectivity index (χ0) is 20.8. The maximum absolute atomic E-state index is 12.6. The highest BCUT2D eigenvalue weighted by atomic mass is 32.2. The van der Waals surface area contributed by atoms with Crippen molar-refractivity contribution in [3.63, 3.8) is 0 Å². The molecule has 1 N–H and O–H groups in total. The van der Waals surface area contributed by atoms with Gasteiger partial charge in [0.2, 0.25) is 10.0 Å². The Bertz CT molecular complexity index is 705. The Hall–Kier alpha value is -1.11. The van der Waals surface area contributed by atoms with E-state index in [4.69, 9.17) is 9.47 Å². The maximum atomic E-state index is 12.6. The summed E-state index contributed by atoms with van der Waals surface area (Å²) in [5.41, 5.74) is 1.03. The monoisotopic (exact) mass is 411 g/mol. The van der Waals surface area contributed by atoms with Crippen LogP contribution in [-0.4, -0.2) is 34.0 Å². The lowest BCUT2D eigenvalue weighted by atomic mass is 9.97. The summed E-state index contributed by atoms with van der Waals surface area (Å²) in [5, 5.41) is 0. The molecule has 1 fully saturated rings. The molecule has 0 spiro atoms. The van der Waals surface area contributed by atoms with E-state index >= 15 is 0 Å². The molecule has 0 amide bonds. The number of benzene rings is 1. The molecule has 1 saturated carbocycles. The Labute approximate surface area is 171 Å². The van der Waals surface area contributed by atoms with E-state index in [1.165, 1.54) is 12.8 Å². The van der Waals surface area contributed by atoms with Crippen LogP contribution in [0.25, 0.3) is 0 Å². The Morgan fingerprint density at radius 1 is 1.21 bits per heavy atom. The summed E-state index contributed by atoms with van der Waals surface area (Å²) in [6.45, 7) is 12.2. The van der Waals surface area contributed by atoms with Crippen LogP contribution in [0, 0.1) is 17.3 Å². The van der Waals surface area contributed by atoms with Crippen LogP contribution < -0.4 is 9.46 Å². The van der Waals surface area contributed by atoms with Crippen molar-refractivity contribution in [1.82, 2.24) is 4.72 Å². The quantitative estimate of drug-likeness (QED) is 0.513. The predicted octanol–water partition coefficient (Wildman–Crippen LogP) is 4.54. The van der Waals surface area contributed by atoms with Crippen LogP contribution in [0.2, 0.25) is 0 Å². The van der Waals surface area contributed by atoms with Gasteiger partial charge in [-0.2, -0.15) is 0 Å². The summed E-state index contributed by atoms with van der Waals surface area (Å²) in [6, 6.07) is 7.52. The van der Waals surface area contributed by atoms with E-state index in [-0.39, 0.29) is 23.1 Å². The number of hydrogen-bond acceptors (Lipinski definition) is 4. The van der Waals surface area contributed by atoms with Gasteiger partial charge in [-0.05, 0) is 54.2 Å². The first-order valence-corrected chi connectivity index (χ1v) is 12.0. The highest BCUT2D eigenvalue weighted by molar-refractivity contribution is 7.89. The average molecular weight is 412 g/mol. The molecule has 0 saturated heterocycles. The number of hydrogen-bond donors (Lipinski definition) is 1. The summed E-state index contributed by atoms with van der Waals surface area (Å²) in [6.07, 6.45) is 2.97. The second-order valence-electron chi connectivity index (χ2n) is 9.45. The lowest BCUT2D eigenvalue weighted by molar-refractivity contribution is 0.0720. The molecule has 0 heterocycles. The molecular formula is C22H37NO4S. The predicted molar refractivity (Wildman–Crippen MR) is 114 cm³/mol. The Kier molecular flexibility index (Phi) is 8.34. The number of nitrogens with one attached hydrogen (secondary N) is 1. The SMILES string of the molecule is CC(C)C(NS(=O)(=O)CCCOCC(C)(C)C)c1cccc(OCC2CC2)c1. The third-order valence-electron chi connectivity index (χ3n) is 4.61. The van der Waals surface area contributed by atoms with Crippen molar-refractivity contribution in [1.29, 1.82) is 0 Å². The fraction of sp³-hybridized carbons (Fsp3) is 0.727. The van der Waals surface area contributed by atoms with E-state index < -0.39 is 10.0 Å². The smallest absolute Gasteiger partial charge is 0.212 e. The van der Waals surface area contributed by atoms with E-state index in [1.807, 2.05) is 38.1 Å². The summed E-state index contributed by atoms with van der Waals surface area (Å²) in [4.78, 5) is 0. The van der Waals surface area contributed by atoms with Crippen molar-refractivity contribution in [3.8, 4) is 5.75 Å². The average Bonchev–Trinajstić information content (AvgIpc) is 3.41. The Morgan fingerprint density at radius 3 is 2.54 bits per heavy atom. The molecule has 1 aliphatic rings. The molecule has 1 aliphatic carbocycles. The van der Waals surface area contributed by atoms with E-state index in [9.17, 15) is 8.42 Å². The van der Waals surface area contributed by atoms with Gasteiger partial charge in [0, 0.05) is 12.6 Å². The van der Waals surface area contributed by atoms with Gasteiger partial charge in [0.15, 0.2) is 0 Å². The van der Waals surface area contributed by atoms with Crippen molar-refractivity contribution in [2.24, 2.45) is 17.3 Å². The van der Waals surface area contributed by atoms with E-state index in [0.29, 0.717) is 25.6 Å². The summed E-state index contributed by atoms with van der Waals surface area (Å²) < 4.78 is 39.5. The fourth-order valence-corrected chi connectivity index (χ4v) is 4.28. The molecule has 0 bridgehead atoms. The molecule has 5 nitrogen and oxygen atoms in total. The van der Waals surface area contributed by atoms with Crippen LogP contribution >= 0.6 is 0 Å². The molecule has 1 unspecified atom stereocenters. The zero-order valence-corrected chi connectivity index (χ0v) is 18.8. The summed E-state index contributed by atoms with van der Waals surface area (Å²) >= 11 is 0. The van der Waals surface area contributed by atoms with Gasteiger partial charge in [-0.15, -0.1) is 0 Å². The largest absolute Gasteiger partial charge is 0.493 e. The molecule has 1 atom stereocenters. The van der Waals surface area contributed by atoms with Crippen molar-refractivity contribution in [2.45, 2.75) is 59.9 Å². The van der Waals surface area contributed by atoms with Crippen LogP contribution in [0.4, 0.5) is 0 Å². The molecule has 1 aromatic rings. The molecular weight excluding hydrogens is 374 g/mol. The first-order valence-electron chi connectivity index (χ1n) is 10.4. The number of ether oxygens (including phenoxy) is 2. The molecule has 160 valence electrons. The van der Waals surface area contributed by atoms with Gasteiger partial charge in [0.1, 0.15) is 5.75 Å². The highest BCUT2D eigenvalue weighted by Gasteiger charge is 2.24. The first kappa shape index (κ1) is 23.2. The second-order valence-corrected chi connectivity index (χ2v) is 11.3. The Balaban J connectivity index is 1.90. The zero-order valence-electron chi connectivity index (χ0n) is 18.0. The van der Waals surface area contributed by atoms with Crippen molar-refractivity contribution in [3.05, 3.63) is 29.8 Å². The van der Waals surface area contributed by atoms with Gasteiger partial charge in [0.05, 0.1) is 19.0 Å². The van der Waals surface area contributed by atoms with Crippen molar-refractivity contribution >= 4 is 10.0 Å². The van der Waals surface area contributed by atoms with E-state index in [2.05, 4.69) is 25.5 Å². The molecule has 2 rings (SSSR count). The van der Waals surface area contributed by atoms with Crippen molar-refractivity contribution in [2.75, 3.05) is 25.6 Å². The molecule has 28 heavy (non-hydrogen) atoms. The van der Waals surface area contributed by atoms with Gasteiger partial charge in [-0.25, -0.2) is 13.1 Å². The van der Waals surface area contributed by atoms with E-state index in [0.717, 1.165) is 17.9 Å². The lowest BCUT2D eigenvalue weighted by Gasteiger charge is -2.23. The first-order chi connectivity index (χ1) is 13.1. The minimum absolute atomic E-state index is 0.0677. The van der Waals surface area contributed by atoms with Crippen LogP contribution in [0.1, 0.15) is 65.5 Å². The van der Waals surface area contributed by atoms with Crippen LogP contribution in [0.15, 0.2) is 24.3 Å². The van der Waals surface area contributed by atoms with Crippen LogP contribution in [0.5, 0.6) is 5.75 Å². The highest BCUT2D eigenvalue weighted by Crippen LogP contribution is 2.31. The maximum Gasteiger partial charge on any atom is 0.212 e. The Morgan fingerprint density at radius 2 is 1.93 bits per heavy atom. The normalized spacial score (nSPS) is 16.4. The fourth-order valence-electron chi connectivity index (χ4n) is 2.87. The van der Waals surface area contributed by atoms with Gasteiger partial charge in [-0.3, -0.25) is 0 Å². The molecule has 1 aromatic carbocycles. The molecule has 6 heteroatoms. The van der Waals surface area contributed by atoms with Crippen LogP contribution in [-0.2, 0) is 14.8 Å². The minimum Gasteiger partial charge on any atom is -0.493 e. The van der Waals surface area contributed by atoms with Crippen molar-refractivity contribution < 1.29 is 17.9 Å². The molecule has 0 aliphatic heterocycles. The standard InChI is InChI=1S/C22H37NO4S/c1-17(2)21(19-8-6-9-20(14-19)27-15-18-10-11-18)23-28(24,25)13-7-12-26-16-22(3,4)5/h6,8-9,14,17-18,21,23H,7,10-13,15-16H2,1-5H3.